The van der Waals surface area contributed by atoms with E-state index in [9.17, 15) is 0 Å². The first kappa shape index (κ1) is 4.18. The molecule has 0 bridgehead atoms. The Morgan fingerprint density at radius 3 is 1.50 bits per heavy atom. The number of hydrogen-bond donors (Lipinski definition) is 0. The second-order valence-corrected chi connectivity index (χ2v) is 0.612. The summed E-state index contributed by atoms with van der Waals surface area (Å²) in [6.45, 7) is 2.00. The van der Waals surface area contributed by atoms with Gasteiger partial charge in [-0.1, -0.05) is 0 Å². The molecule has 0 aromatic rings. The van der Waals surface area contributed by atoms with E-state index in [2.05, 4.69) is 4.74 Å². The van der Waals surface area contributed by atoms with Crippen LogP contribution >= 0.6 is 0 Å². The zero-order valence-electron chi connectivity index (χ0n) is 1.82. The molecule has 0 aromatic heterocycles. The average molecular weight is 76.2 g/mol. The molecule has 4 heavy (non-hydrogen) atoms. The molecule has 1 rings (SSSR count). The van der Waals surface area contributed by atoms with Crippen molar-refractivity contribution in [3.63, 3.8) is 0 Å². The molecule has 1 heterocycles. The molecule has 0 N–H and O–H groups in total. The van der Waals surface area contributed by atoms with Crippen molar-refractivity contribution >= 4 is 11.0 Å². The minimum atomic E-state index is 0. The number of hydrogen-bond acceptors (Lipinski definition) is 1. The van der Waals surface area contributed by atoms with Gasteiger partial charge in [-0.15, -0.1) is 0 Å². The van der Waals surface area contributed by atoms with Crippen LogP contribution in [-0.4, -0.2) is 24.2 Å². The van der Waals surface area contributed by atoms with E-state index in [1.165, 1.54) is 0 Å². The van der Waals surface area contributed by atoms with Gasteiger partial charge in [-0.05, 0) is 11.0 Å². The van der Waals surface area contributed by atoms with E-state index in [1.807, 2.05) is 0 Å². The molecule has 0 aliphatic carbocycles. The summed E-state index contributed by atoms with van der Waals surface area (Å²) in [7, 11) is 0. The first-order valence-corrected chi connectivity index (χ1v) is 1.08. The van der Waals surface area contributed by atoms with Gasteiger partial charge in [-0.2, -0.15) is 0 Å². The van der Waals surface area contributed by atoms with Gasteiger partial charge >= 0.3 is 0 Å². The maximum Gasteiger partial charge on any atom is 0.0701 e. The lowest BCUT2D eigenvalue weighted by Crippen LogP contribution is -1.20. The summed E-state index contributed by atoms with van der Waals surface area (Å²) < 4.78 is 4.50. The summed E-state index contributed by atoms with van der Waals surface area (Å²) in [5, 5.41) is 0. The highest BCUT2D eigenvalue weighted by molar-refractivity contribution is 5.75. The van der Waals surface area contributed by atoms with E-state index in [0.717, 1.165) is 13.2 Å². The Hall–Kier alpha value is 0.177. The lowest BCUT2D eigenvalue weighted by molar-refractivity contribution is 0.475. The van der Waals surface area contributed by atoms with Crippen molar-refractivity contribution in [2.45, 2.75) is 0 Å². The predicted octanol–water partition coefficient (Wildman–Crippen LogP) is -1.44. The zero-order chi connectivity index (χ0) is 2.12. The molecule has 26 valence electrons. The molecule has 1 nitrogen and oxygen atoms in total. The molecule has 0 unspecified atom stereocenters. The third-order valence-corrected chi connectivity index (χ3v) is 0.204. The maximum atomic E-state index is 4.50. The van der Waals surface area contributed by atoms with Gasteiger partial charge in [0.2, 0.25) is 0 Å². The maximum absolute atomic E-state index is 4.50. The van der Waals surface area contributed by atoms with Crippen molar-refractivity contribution in [3.8, 4) is 0 Å². The van der Waals surface area contributed by atoms with Crippen LogP contribution in [0.4, 0.5) is 0 Å². The third kappa shape index (κ3) is 2.18. The van der Waals surface area contributed by atoms with E-state index in [0.29, 0.717) is 0 Å². The Morgan fingerprint density at radius 2 is 1.50 bits per heavy atom. The van der Waals surface area contributed by atoms with Gasteiger partial charge in [-0.25, -0.2) is 0 Å². The van der Waals surface area contributed by atoms with Crippen molar-refractivity contribution in [1.29, 1.82) is 0 Å². The van der Waals surface area contributed by atoms with Crippen LogP contribution in [0.3, 0.4) is 0 Å². The first-order chi connectivity index (χ1) is 1.50. The molecule has 1 fully saturated rings. The summed E-state index contributed by atoms with van der Waals surface area (Å²) in [4.78, 5) is 0. The van der Waals surface area contributed by atoms with Crippen molar-refractivity contribution in [2.24, 2.45) is 0 Å². The molecule has 1 aliphatic rings. The van der Waals surface area contributed by atoms with Crippen LogP contribution in [0, 0.1) is 0 Å². The van der Waals surface area contributed by atoms with Crippen molar-refractivity contribution in [3.05, 3.63) is 0 Å². The van der Waals surface area contributed by atoms with Gasteiger partial charge in [0, 0.05) is 0 Å². The van der Waals surface area contributed by atoms with Gasteiger partial charge < -0.3 is 4.74 Å². The molecular formula is C2H8OSi. The van der Waals surface area contributed by atoms with Crippen LogP contribution < -0.4 is 0 Å². The molecule has 0 saturated carbocycles. The van der Waals surface area contributed by atoms with Crippen LogP contribution in [-0.2, 0) is 4.74 Å². The first-order valence-electron chi connectivity index (χ1n) is 1.08. The third-order valence-electron chi connectivity index (χ3n) is 0.204. The van der Waals surface area contributed by atoms with Crippen molar-refractivity contribution in [2.75, 3.05) is 13.2 Å². The van der Waals surface area contributed by atoms with Crippen LogP contribution in [0.25, 0.3) is 0 Å². The van der Waals surface area contributed by atoms with Gasteiger partial charge in [0.1, 0.15) is 0 Å². The van der Waals surface area contributed by atoms with E-state index in [-0.39, 0.29) is 11.0 Å². The zero-order valence-corrected chi connectivity index (χ0v) is 1.82. The topological polar surface area (TPSA) is 12.5 Å². The minimum Gasteiger partial charge on any atom is -0.377 e. The summed E-state index contributed by atoms with van der Waals surface area (Å²) in [6, 6.07) is 0. The highest BCUT2D eigenvalue weighted by atomic mass is 28.1. The van der Waals surface area contributed by atoms with Crippen LogP contribution in [0.2, 0.25) is 0 Å². The Kier molecular flexibility index (Phi) is 1.56. The molecule has 0 atom stereocenters. The van der Waals surface area contributed by atoms with Crippen LogP contribution in [0.1, 0.15) is 0 Å². The van der Waals surface area contributed by atoms with Crippen molar-refractivity contribution in [1.82, 2.24) is 0 Å². The highest BCUT2D eigenvalue weighted by Crippen LogP contribution is 1.84. The molecule has 0 spiro atoms. The smallest absolute Gasteiger partial charge is 0.0701 e. The standard InChI is InChI=1S/C2H4O.H4Si/c1-2-3-1;/h1-2H2;1H4. The predicted molar refractivity (Wildman–Crippen MR) is 22.2 cm³/mol. The van der Waals surface area contributed by atoms with Crippen molar-refractivity contribution < 1.29 is 4.74 Å². The molecule has 2 heteroatoms. The number of rotatable bonds is 0. The van der Waals surface area contributed by atoms with Gasteiger partial charge in [0.25, 0.3) is 0 Å². The van der Waals surface area contributed by atoms with E-state index < -0.39 is 0 Å². The van der Waals surface area contributed by atoms with Gasteiger partial charge in [0.05, 0.1) is 13.2 Å². The fourth-order valence-corrected chi connectivity index (χ4v) is 0. The minimum absolute atomic E-state index is 0. The lowest BCUT2D eigenvalue weighted by atomic mass is 11.0. The largest absolute Gasteiger partial charge is 0.377 e. The lowest BCUT2D eigenvalue weighted by Gasteiger charge is -1.24. The SMILES string of the molecule is C1CO1.[SiH4]. The fraction of sp³-hybridized carbons (Fsp3) is 1.00. The summed E-state index contributed by atoms with van der Waals surface area (Å²) in [5.41, 5.74) is 0. The van der Waals surface area contributed by atoms with Gasteiger partial charge in [0.15, 0.2) is 0 Å². The second kappa shape index (κ2) is 1.49. The highest BCUT2D eigenvalue weighted by Gasteiger charge is 1.94. The number of ether oxygens (including phenoxy) is 1. The molecule has 0 amide bonds. The molecule has 0 radical (unpaired) electrons. The fourth-order valence-electron chi connectivity index (χ4n) is 0. The summed E-state index contributed by atoms with van der Waals surface area (Å²) >= 11 is 0. The van der Waals surface area contributed by atoms with Crippen LogP contribution in [0.15, 0.2) is 0 Å². The number of epoxide rings is 1. The second-order valence-electron chi connectivity index (χ2n) is 0.612. The average Bonchev–Trinajstić information content (AvgIpc) is 1.46. The normalized spacial score (nSPS) is 18.0. The molecular weight excluding hydrogens is 68.1 g/mol. The monoisotopic (exact) mass is 76.0 g/mol. The Labute approximate surface area is 30.0 Å². The quantitative estimate of drug-likeness (QED) is 0.254. The summed E-state index contributed by atoms with van der Waals surface area (Å²) in [5.74, 6) is 0. The van der Waals surface area contributed by atoms with E-state index in [1.54, 1.807) is 0 Å². The molecule has 1 saturated heterocycles. The summed E-state index contributed by atoms with van der Waals surface area (Å²) in [6.07, 6.45) is 0. The molecule has 1 aliphatic heterocycles. The Bertz CT molecular complexity index is 10.8. The van der Waals surface area contributed by atoms with E-state index >= 15 is 0 Å². The van der Waals surface area contributed by atoms with E-state index in [4.69, 9.17) is 0 Å². The Balaban J connectivity index is 0.0000000900. The Morgan fingerprint density at radius 1 is 1.25 bits per heavy atom. The molecule has 0 aromatic carbocycles. The van der Waals surface area contributed by atoms with Crippen LogP contribution in [0.5, 0.6) is 0 Å². The van der Waals surface area contributed by atoms with Gasteiger partial charge in [-0.3, -0.25) is 0 Å².